The Bertz CT molecular complexity index is 340. The second-order valence-corrected chi connectivity index (χ2v) is 8.02. The summed E-state index contributed by atoms with van der Waals surface area (Å²) in [6.07, 6.45) is 9.84. The zero-order chi connectivity index (χ0) is 13.7. The molecular weight excluding hydrogens is 238 g/mol. The fourth-order valence-corrected chi connectivity index (χ4v) is 5.31. The first-order chi connectivity index (χ1) is 8.89. The van der Waals surface area contributed by atoms with Gasteiger partial charge in [0.15, 0.2) is 0 Å². The first-order valence-corrected chi connectivity index (χ1v) is 7.87. The van der Waals surface area contributed by atoms with Crippen LogP contribution in [0.15, 0.2) is 0 Å². The summed E-state index contributed by atoms with van der Waals surface area (Å²) in [6, 6.07) is 0. The number of carbonyl (C=O) groups is 1. The van der Waals surface area contributed by atoms with Crippen LogP contribution >= 0.6 is 0 Å². The number of nitrogens with one attached hydrogen (secondary N) is 1. The molecule has 4 aliphatic rings. The fourth-order valence-electron chi connectivity index (χ4n) is 5.31. The third-order valence-corrected chi connectivity index (χ3v) is 5.92. The monoisotopic (exact) mass is 265 g/mol. The molecule has 4 rings (SSSR count). The number of hydrogen-bond acceptors (Lipinski definition) is 2. The molecule has 0 amide bonds. The van der Waals surface area contributed by atoms with Crippen molar-refractivity contribution in [2.24, 2.45) is 23.2 Å². The fraction of sp³-hybridized carbons (Fsp3) is 0.938. The van der Waals surface area contributed by atoms with Gasteiger partial charge in [-0.3, -0.25) is 4.79 Å². The van der Waals surface area contributed by atoms with Gasteiger partial charge in [0.1, 0.15) is 5.54 Å². The summed E-state index contributed by atoms with van der Waals surface area (Å²) in [5, 5.41) is 12.4. The molecule has 108 valence electrons. The van der Waals surface area contributed by atoms with Crippen LogP contribution in [0, 0.1) is 23.2 Å². The minimum atomic E-state index is -0.789. The van der Waals surface area contributed by atoms with Crippen LogP contribution in [0.3, 0.4) is 0 Å². The molecule has 0 saturated heterocycles. The average molecular weight is 265 g/mol. The second kappa shape index (κ2) is 4.47. The second-order valence-electron chi connectivity index (χ2n) is 8.02. The molecule has 0 radical (unpaired) electrons. The minimum Gasteiger partial charge on any atom is -0.480 e. The van der Waals surface area contributed by atoms with Crippen LogP contribution < -0.4 is 5.32 Å². The smallest absolute Gasteiger partial charge is 0.323 e. The number of carboxylic acids is 1. The molecule has 0 unspecified atom stereocenters. The van der Waals surface area contributed by atoms with E-state index in [1.807, 2.05) is 0 Å². The predicted octanol–water partition coefficient (Wildman–Crippen LogP) is 3.05. The molecule has 0 spiro atoms. The van der Waals surface area contributed by atoms with Gasteiger partial charge in [-0.15, -0.1) is 0 Å². The molecule has 0 aromatic heterocycles. The number of carboxylic acid groups (broad SMARTS) is 1. The van der Waals surface area contributed by atoms with Crippen LogP contribution in [0.1, 0.15) is 58.8 Å². The first-order valence-electron chi connectivity index (χ1n) is 7.87. The molecule has 4 bridgehead atoms. The lowest BCUT2D eigenvalue weighted by molar-refractivity contribution is -0.143. The van der Waals surface area contributed by atoms with Gasteiger partial charge in [-0.05, 0) is 88.5 Å². The van der Waals surface area contributed by atoms with Crippen molar-refractivity contribution in [2.45, 2.75) is 64.3 Å². The van der Waals surface area contributed by atoms with Gasteiger partial charge < -0.3 is 10.4 Å². The zero-order valence-electron chi connectivity index (χ0n) is 12.2. The van der Waals surface area contributed by atoms with Crippen molar-refractivity contribution >= 4 is 5.97 Å². The van der Waals surface area contributed by atoms with Gasteiger partial charge in [0.05, 0.1) is 0 Å². The third kappa shape index (κ3) is 2.54. The Morgan fingerprint density at radius 1 is 1.16 bits per heavy atom. The summed E-state index contributed by atoms with van der Waals surface area (Å²) in [7, 11) is 0. The summed E-state index contributed by atoms with van der Waals surface area (Å²) in [5.74, 6) is 2.20. The molecule has 4 aliphatic carbocycles. The Labute approximate surface area is 116 Å². The third-order valence-electron chi connectivity index (χ3n) is 5.92. The Kier molecular flexibility index (Phi) is 3.16. The average Bonchev–Trinajstić information content (AvgIpc) is 2.25. The molecule has 4 saturated carbocycles. The van der Waals surface area contributed by atoms with Crippen LogP contribution in [0.5, 0.6) is 0 Å². The normalized spacial score (nSPS) is 40.6. The van der Waals surface area contributed by atoms with Crippen LogP contribution in [0.2, 0.25) is 0 Å². The molecule has 3 heteroatoms. The van der Waals surface area contributed by atoms with Crippen molar-refractivity contribution in [1.29, 1.82) is 0 Å². The molecule has 0 atom stereocenters. The van der Waals surface area contributed by atoms with Crippen LogP contribution in [0.4, 0.5) is 0 Å². The lowest BCUT2D eigenvalue weighted by atomic mass is 9.49. The van der Waals surface area contributed by atoms with Gasteiger partial charge in [-0.1, -0.05) is 0 Å². The van der Waals surface area contributed by atoms with E-state index in [-0.39, 0.29) is 0 Å². The van der Waals surface area contributed by atoms with Gasteiger partial charge in [0.25, 0.3) is 0 Å². The van der Waals surface area contributed by atoms with E-state index in [1.54, 1.807) is 13.8 Å². The maximum Gasteiger partial charge on any atom is 0.323 e. The van der Waals surface area contributed by atoms with Gasteiger partial charge in [-0.25, -0.2) is 0 Å². The number of rotatable bonds is 5. The van der Waals surface area contributed by atoms with Crippen LogP contribution in [-0.4, -0.2) is 23.2 Å². The van der Waals surface area contributed by atoms with Crippen LogP contribution in [-0.2, 0) is 4.79 Å². The topological polar surface area (TPSA) is 49.3 Å². The summed E-state index contributed by atoms with van der Waals surface area (Å²) >= 11 is 0. The van der Waals surface area contributed by atoms with Gasteiger partial charge in [0.2, 0.25) is 0 Å². The Hall–Kier alpha value is -0.570. The van der Waals surface area contributed by atoms with E-state index in [9.17, 15) is 4.79 Å². The zero-order valence-corrected chi connectivity index (χ0v) is 12.2. The molecule has 4 fully saturated rings. The highest BCUT2D eigenvalue weighted by Crippen LogP contribution is 2.61. The van der Waals surface area contributed by atoms with E-state index in [0.717, 1.165) is 24.3 Å². The molecular formula is C16H27NO2. The predicted molar refractivity (Wildman–Crippen MR) is 74.9 cm³/mol. The standard InChI is InChI=1S/C16H27NO2/c1-15(2,14(18)19)17-4-3-16-8-11-5-12(9-16)7-13(6-11)10-16/h11-13,17H,3-10H2,1-2H3,(H,18,19). The van der Waals surface area contributed by atoms with E-state index in [0.29, 0.717) is 5.41 Å². The summed E-state index contributed by atoms with van der Waals surface area (Å²) in [6.45, 7) is 4.37. The van der Waals surface area contributed by atoms with Gasteiger partial charge in [-0.2, -0.15) is 0 Å². The maximum atomic E-state index is 11.1. The van der Waals surface area contributed by atoms with Gasteiger partial charge in [0, 0.05) is 0 Å². The highest BCUT2D eigenvalue weighted by Gasteiger charge is 2.50. The quantitative estimate of drug-likeness (QED) is 0.803. The lowest BCUT2D eigenvalue weighted by Gasteiger charge is -2.57. The van der Waals surface area contributed by atoms with Gasteiger partial charge >= 0.3 is 5.97 Å². The maximum absolute atomic E-state index is 11.1. The van der Waals surface area contributed by atoms with E-state index in [1.165, 1.54) is 44.9 Å². The van der Waals surface area contributed by atoms with E-state index in [4.69, 9.17) is 5.11 Å². The van der Waals surface area contributed by atoms with Crippen molar-refractivity contribution in [1.82, 2.24) is 5.32 Å². The molecule has 0 aromatic rings. The SMILES string of the molecule is CC(C)(NCCC12CC3CC(CC(C3)C1)C2)C(=O)O. The highest BCUT2D eigenvalue weighted by molar-refractivity contribution is 5.77. The summed E-state index contributed by atoms with van der Waals surface area (Å²) in [5.41, 5.74) is -0.237. The Morgan fingerprint density at radius 3 is 2.05 bits per heavy atom. The Balaban J connectivity index is 1.57. The van der Waals surface area contributed by atoms with Crippen molar-refractivity contribution in [3.05, 3.63) is 0 Å². The number of hydrogen-bond donors (Lipinski definition) is 2. The van der Waals surface area contributed by atoms with Crippen molar-refractivity contribution < 1.29 is 9.90 Å². The molecule has 0 heterocycles. The molecule has 19 heavy (non-hydrogen) atoms. The molecule has 3 nitrogen and oxygen atoms in total. The van der Waals surface area contributed by atoms with Crippen molar-refractivity contribution in [2.75, 3.05) is 6.54 Å². The van der Waals surface area contributed by atoms with E-state index >= 15 is 0 Å². The Morgan fingerprint density at radius 2 is 1.63 bits per heavy atom. The van der Waals surface area contributed by atoms with Crippen LogP contribution in [0.25, 0.3) is 0 Å². The summed E-state index contributed by atoms with van der Waals surface area (Å²) in [4.78, 5) is 11.1. The largest absolute Gasteiger partial charge is 0.480 e. The molecule has 0 aromatic carbocycles. The minimum absolute atomic E-state index is 0.552. The summed E-state index contributed by atoms with van der Waals surface area (Å²) < 4.78 is 0. The van der Waals surface area contributed by atoms with Crippen molar-refractivity contribution in [3.8, 4) is 0 Å². The van der Waals surface area contributed by atoms with E-state index < -0.39 is 11.5 Å². The lowest BCUT2D eigenvalue weighted by Crippen LogP contribution is -2.50. The molecule has 2 N–H and O–H groups in total. The first kappa shape index (κ1) is 13.4. The van der Waals surface area contributed by atoms with Crippen molar-refractivity contribution in [3.63, 3.8) is 0 Å². The molecule has 0 aliphatic heterocycles. The van der Waals surface area contributed by atoms with E-state index in [2.05, 4.69) is 5.32 Å². The number of aliphatic carboxylic acids is 1. The highest BCUT2D eigenvalue weighted by atomic mass is 16.4.